The minimum atomic E-state index is -0.200. The number of ether oxygens (including phenoxy) is 2. The van der Waals surface area contributed by atoms with Gasteiger partial charge in [-0.3, -0.25) is 4.79 Å². The van der Waals surface area contributed by atoms with E-state index in [2.05, 4.69) is 55.3 Å². The van der Waals surface area contributed by atoms with Gasteiger partial charge < -0.3 is 9.47 Å². The Morgan fingerprint density at radius 2 is 2.00 bits per heavy atom. The van der Waals surface area contributed by atoms with Gasteiger partial charge in [0.25, 0.3) is 5.56 Å². The summed E-state index contributed by atoms with van der Waals surface area (Å²) in [5.41, 5.74) is 2.21. The van der Waals surface area contributed by atoms with Crippen LogP contribution in [0, 0.1) is 5.41 Å². The topological polar surface area (TPSA) is 65.7 Å². The van der Waals surface area contributed by atoms with Crippen LogP contribution in [0.25, 0.3) is 10.9 Å². The number of methoxy groups -OCH3 is 1. The van der Waals surface area contributed by atoms with Crippen LogP contribution >= 0.6 is 15.9 Å². The molecule has 2 aromatic carbocycles. The van der Waals surface area contributed by atoms with E-state index in [-0.39, 0.29) is 11.0 Å². The summed E-state index contributed by atoms with van der Waals surface area (Å²) >= 11 is 3.44. The normalized spacial score (nSPS) is 11.8. The number of nitrogens with zero attached hydrogens (tertiary/aromatic N) is 3. The molecule has 7 heteroatoms. The molecule has 180 valence electrons. The number of fused-ring (bicyclic) bond motifs is 1. The van der Waals surface area contributed by atoms with Gasteiger partial charge in [0.15, 0.2) is 11.5 Å². The number of benzene rings is 2. The van der Waals surface area contributed by atoms with Crippen molar-refractivity contribution < 1.29 is 9.47 Å². The van der Waals surface area contributed by atoms with Crippen molar-refractivity contribution >= 4 is 33.0 Å². The predicted octanol–water partition coefficient (Wildman–Crippen LogP) is 6.16. The first-order valence-electron chi connectivity index (χ1n) is 11.4. The van der Waals surface area contributed by atoms with Gasteiger partial charge in [-0.05, 0) is 54.2 Å². The fraction of sp³-hybridized carbons (Fsp3) is 0.370. The molecule has 6 nitrogen and oxygen atoms in total. The molecule has 34 heavy (non-hydrogen) atoms. The molecule has 3 rings (SSSR count). The molecular weight excluding hydrogens is 494 g/mol. The molecule has 0 spiro atoms. The lowest BCUT2D eigenvalue weighted by Crippen LogP contribution is -2.22. The molecule has 0 bridgehead atoms. The maximum absolute atomic E-state index is 13.3. The molecule has 3 aromatic rings. The maximum atomic E-state index is 13.3. The highest BCUT2D eigenvalue weighted by molar-refractivity contribution is 9.10. The second-order valence-corrected chi connectivity index (χ2v) is 10.3. The second-order valence-electron chi connectivity index (χ2n) is 9.35. The van der Waals surface area contributed by atoms with Gasteiger partial charge in [0.1, 0.15) is 5.82 Å². The Hall–Kier alpha value is -2.93. The van der Waals surface area contributed by atoms with Gasteiger partial charge >= 0.3 is 0 Å². The standard InChI is InChI=1S/C27H32BrN3O3/c1-7-9-19-13-18(14-23(33-6)25(19)34-17-27(3,4)5)16-29-31-24(10-8-2)30-22-12-11-20(28)15-21(22)26(31)32/h7,11-16H,1,8-10,17H2,2-6H3. The highest BCUT2D eigenvalue weighted by Gasteiger charge is 2.17. The van der Waals surface area contributed by atoms with Crippen molar-refractivity contribution in [2.75, 3.05) is 13.7 Å². The fourth-order valence-corrected chi connectivity index (χ4v) is 3.85. The Morgan fingerprint density at radius 1 is 1.24 bits per heavy atom. The summed E-state index contributed by atoms with van der Waals surface area (Å²) in [6.07, 6.45) is 5.59. The lowest BCUT2D eigenvalue weighted by Gasteiger charge is -2.22. The zero-order chi connectivity index (χ0) is 24.9. The number of aryl methyl sites for hydroxylation is 1. The summed E-state index contributed by atoms with van der Waals surface area (Å²) in [5, 5.41) is 5.06. The molecule has 0 aliphatic heterocycles. The quantitative estimate of drug-likeness (QED) is 0.248. The van der Waals surface area contributed by atoms with Crippen molar-refractivity contribution in [2.45, 2.75) is 47.0 Å². The van der Waals surface area contributed by atoms with E-state index in [9.17, 15) is 4.79 Å². The average molecular weight is 526 g/mol. The van der Waals surface area contributed by atoms with Crippen molar-refractivity contribution in [1.82, 2.24) is 9.66 Å². The maximum Gasteiger partial charge on any atom is 0.282 e. The first kappa shape index (κ1) is 25.7. The van der Waals surface area contributed by atoms with Crippen LogP contribution in [0.2, 0.25) is 0 Å². The SMILES string of the molecule is C=CCc1cc(C=Nn2c(CCC)nc3ccc(Br)cc3c2=O)cc(OC)c1OCC(C)(C)C. The number of aromatic nitrogens is 2. The molecule has 0 saturated carbocycles. The van der Waals surface area contributed by atoms with Gasteiger partial charge in [-0.25, -0.2) is 4.98 Å². The van der Waals surface area contributed by atoms with Gasteiger partial charge in [-0.1, -0.05) is 49.7 Å². The summed E-state index contributed by atoms with van der Waals surface area (Å²) in [4.78, 5) is 17.9. The van der Waals surface area contributed by atoms with Crippen LogP contribution in [0.3, 0.4) is 0 Å². The zero-order valence-corrected chi connectivity index (χ0v) is 22.1. The van der Waals surface area contributed by atoms with Crippen molar-refractivity contribution in [3.63, 3.8) is 0 Å². The number of hydrogen-bond donors (Lipinski definition) is 0. The Labute approximate surface area is 209 Å². The van der Waals surface area contributed by atoms with E-state index >= 15 is 0 Å². The molecule has 0 aliphatic carbocycles. The number of allylic oxidation sites excluding steroid dienone is 1. The van der Waals surface area contributed by atoms with Crippen LogP contribution in [-0.2, 0) is 12.8 Å². The van der Waals surface area contributed by atoms with Crippen LogP contribution in [0.5, 0.6) is 11.5 Å². The van der Waals surface area contributed by atoms with Crippen molar-refractivity contribution in [1.29, 1.82) is 0 Å². The largest absolute Gasteiger partial charge is 0.493 e. The highest BCUT2D eigenvalue weighted by Crippen LogP contribution is 2.34. The van der Waals surface area contributed by atoms with Crippen LogP contribution in [0.1, 0.15) is 51.1 Å². The van der Waals surface area contributed by atoms with Crippen LogP contribution < -0.4 is 15.0 Å². The lowest BCUT2D eigenvalue weighted by molar-refractivity contribution is 0.190. The molecule has 0 aliphatic rings. The third-order valence-electron chi connectivity index (χ3n) is 5.06. The number of rotatable bonds is 9. The summed E-state index contributed by atoms with van der Waals surface area (Å²) in [6, 6.07) is 9.36. The number of hydrogen-bond acceptors (Lipinski definition) is 5. The van der Waals surface area contributed by atoms with Crippen LogP contribution in [0.4, 0.5) is 0 Å². The van der Waals surface area contributed by atoms with Gasteiger partial charge in [-0.2, -0.15) is 9.78 Å². The van der Waals surface area contributed by atoms with Gasteiger partial charge in [0.05, 0.1) is 30.8 Å². The van der Waals surface area contributed by atoms with Gasteiger partial charge in [0.2, 0.25) is 0 Å². The van der Waals surface area contributed by atoms with E-state index < -0.39 is 0 Å². The lowest BCUT2D eigenvalue weighted by atomic mass is 9.98. The van der Waals surface area contributed by atoms with Crippen molar-refractivity contribution in [2.24, 2.45) is 10.5 Å². The predicted molar refractivity (Wildman–Crippen MR) is 143 cm³/mol. The summed E-state index contributed by atoms with van der Waals surface area (Å²) in [6.45, 7) is 12.8. The zero-order valence-electron chi connectivity index (χ0n) is 20.5. The molecule has 0 amide bonds. The summed E-state index contributed by atoms with van der Waals surface area (Å²) in [7, 11) is 1.62. The van der Waals surface area contributed by atoms with Crippen molar-refractivity contribution in [3.8, 4) is 11.5 Å². The van der Waals surface area contributed by atoms with E-state index in [0.717, 1.165) is 22.0 Å². The second kappa shape index (κ2) is 11.0. The molecule has 0 radical (unpaired) electrons. The Balaban J connectivity index is 2.08. The molecule has 1 aromatic heterocycles. The van der Waals surface area contributed by atoms with Gasteiger partial charge in [0, 0.05) is 16.5 Å². The Kier molecular flexibility index (Phi) is 8.31. The molecule has 0 unspecified atom stereocenters. The highest BCUT2D eigenvalue weighted by atomic mass is 79.9. The Morgan fingerprint density at radius 3 is 2.65 bits per heavy atom. The van der Waals surface area contributed by atoms with E-state index in [1.807, 2.05) is 30.3 Å². The molecule has 0 fully saturated rings. The smallest absolute Gasteiger partial charge is 0.282 e. The molecule has 0 saturated heterocycles. The first-order valence-corrected chi connectivity index (χ1v) is 12.2. The van der Waals surface area contributed by atoms with E-state index in [1.54, 1.807) is 19.4 Å². The fourth-order valence-electron chi connectivity index (χ4n) is 3.49. The first-order chi connectivity index (χ1) is 16.2. The van der Waals surface area contributed by atoms with E-state index in [0.29, 0.717) is 47.7 Å². The molecule has 0 N–H and O–H groups in total. The minimum Gasteiger partial charge on any atom is -0.493 e. The average Bonchev–Trinajstić information content (AvgIpc) is 2.78. The van der Waals surface area contributed by atoms with Crippen molar-refractivity contribution in [3.05, 3.63) is 74.8 Å². The van der Waals surface area contributed by atoms with E-state index in [1.165, 1.54) is 4.68 Å². The third kappa shape index (κ3) is 6.14. The Bertz CT molecular complexity index is 1270. The monoisotopic (exact) mass is 525 g/mol. The third-order valence-corrected chi connectivity index (χ3v) is 5.55. The summed E-state index contributed by atoms with van der Waals surface area (Å²) < 4.78 is 14.0. The molecule has 0 atom stereocenters. The molecule has 1 heterocycles. The summed E-state index contributed by atoms with van der Waals surface area (Å²) in [5.74, 6) is 1.95. The van der Waals surface area contributed by atoms with Crippen LogP contribution in [-0.4, -0.2) is 29.6 Å². The van der Waals surface area contributed by atoms with Gasteiger partial charge in [-0.15, -0.1) is 6.58 Å². The number of halogens is 1. The van der Waals surface area contributed by atoms with E-state index in [4.69, 9.17) is 14.5 Å². The minimum absolute atomic E-state index is 0.00547. The van der Waals surface area contributed by atoms with Crippen LogP contribution in [0.15, 0.2) is 57.4 Å². The molecular formula is C27H32BrN3O3.